The predicted octanol–water partition coefficient (Wildman–Crippen LogP) is 3.56. The first-order valence-electron chi connectivity index (χ1n) is 14.0. The van der Waals surface area contributed by atoms with E-state index in [2.05, 4.69) is 15.5 Å². The number of rotatable bonds is 11. The first-order chi connectivity index (χ1) is 18.9. The smallest absolute Gasteiger partial charge is 0.407 e. The van der Waals surface area contributed by atoms with Crippen molar-refractivity contribution in [2.45, 2.75) is 70.2 Å². The highest BCUT2D eigenvalue weighted by Crippen LogP contribution is 2.34. The summed E-state index contributed by atoms with van der Waals surface area (Å²) < 4.78 is 5.22. The van der Waals surface area contributed by atoms with Gasteiger partial charge in [0.15, 0.2) is 0 Å². The minimum absolute atomic E-state index is 0.00638. The summed E-state index contributed by atoms with van der Waals surface area (Å²) in [6, 6.07) is 16.2. The molecule has 2 aliphatic rings. The molecule has 2 fully saturated rings. The van der Waals surface area contributed by atoms with Gasteiger partial charge in [-0.25, -0.2) is 4.79 Å². The summed E-state index contributed by atoms with van der Waals surface area (Å²) in [5, 5.41) is 15.5. The van der Waals surface area contributed by atoms with Gasteiger partial charge in [0, 0.05) is 32.7 Å². The molecular formula is C30H40N4O5. The van der Waals surface area contributed by atoms with Crippen LogP contribution in [0.5, 0.6) is 5.75 Å². The lowest BCUT2D eigenvalue weighted by molar-refractivity contribution is -0.161. The van der Waals surface area contributed by atoms with E-state index in [9.17, 15) is 19.5 Å². The lowest BCUT2D eigenvalue weighted by Crippen LogP contribution is -2.72. The van der Waals surface area contributed by atoms with Crippen LogP contribution in [0.15, 0.2) is 54.6 Å². The number of benzene rings is 2. The highest BCUT2D eigenvalue weighted by molar-refractivity contribution is 6.00. The van der Waals surface area contributed by atoms with Crippen LogP contribution in [0.2, 0.25) is 0 Å². The second kappa shape index (κ2) is 13.5. The van der Waals surface area contributed by atoms with Gasteiger partial charge in [-0.05, 0) is 61.8 Å². The number of nitrogens with zero attached hydrogens (tertiary/aromatic N) is 2. The topological polar surface area (TPSA) is 111 Å². The average Bonchev–Trinajstić information content (AvgIpc) is 2.94. The number of phenolic OH excluding ortho intramolecular Hbond substituents is 1. The van der Waals surface area contributed by atoms with E-state index >= 15 is 0 Å². The normalized spacial score (nSPS) is 19.1. The molecule has 0 aromatic heterocycles. The van der Waals surface area contributed by atoms with E-state index in [0.29, 0.717) is 64.8 Å². The molecule has 210 valence electrons. The summed E-state index contributed by atoms with van der Waals surface area (Å²) in [5.41, 5.74) is 1.15. The summed E-state index contributed by atoms with van der Waals surface area (Å²) in [7, 11) is 0. The van der Waals surface area contributed by atoms with E-state index < -0.39 is 17.7 Å². The Bertz CT molecular complexity index is 1120. The molecule has 2 saturated heterocycles. The molecule has 0 saturated carbocycles. The predicted molar refractivity (Wildman–Crippen MR) is 148 cm³/mol. The Morgan fingerprint density at radius 2 is 1.82 bits per heavy atom. The molecule has 1 spiro atoms. The zero-order chi connectivity index (χ0) is 27.7. The number of aromatic hydroxyl groups is 1. The molecule has 1 atom stereocenters. The van der Waals surface area contributed by atoms with Gasteiger partial charge in [0.2, 0.25) is 11.8 Å². The molecule has 2 aliphatic heterocycles. The standard InChI is InChI=1S/C30H40N4O5/c1-2-17-34-27(36)26(13-6-7-16-31-29(38)39-22-23-9-4-3-5-10-23)32-28(37)30(34)14-18-33(19-15-30)21-24-11-8-12-25(35)20-24/h3-5,8-12,20,26,35H,2,6-7,13-19,21-22H2,1H3,(H,31,38)(H,32,37)/t26-/m0/s1. The van der Waals surface area contributed by atoms with Crippen LogP contribution in [0.4, 0.5) is 4.79 Å². The van der Waals surface area contributed by atoms with Gasteiger partial charge in [-0.2, -0.15) is 0 Å². The summed E-state index contributed by atoms with van der Waals surface area (Å²) in [4.78, 5) is 43.0. The van der Waals surface area contributed by atoms with E-state index in [-0.39, 0.29) is 24.2 Å². The van der Waals surface area contributed by atoms with E-state index in [0.717, 1.165) is 17.5 Å². The molecule has 2 aromatic carbocycles. The quantitative estimate of drug-likeness (QED) is 0.379. The molecule has 0 bridgehead atoms. The molecule has 4 rings (SSSR count). The van der Waals surface area contributed by atoms with E-state index in [1.807, 2.05) is 54.3 Å². The maximum absolute atomic E-state index is 13.5. The number of hydrogen-bond donors (Lipinski definition) is 3. The Labute approximate surface area is 230 Å². The van der Waals surface area contributed by atoms with Crippen molar-refractivity contribution in [3.05, 3.63) is 65.7 Å². The summed E-state index contributed by atoms with van der Waals surface area (Å²) in [6.07, 6.45) is 3.41. The Kier molecular flexibility index (Phi) is 9.81. The van der Waals surface area contributed by atoms with Gasteiger partial charge in [-0.15, -0.1) is 0 Å². The summed E-state index contributed by atoms with van der Waals surface area (Å²) in [6.45, 7) is 5.36. The second-order valence-corrected chi connectivity index (χ2v) is 10.5. The van der Waals surface area contributed by atoms with Crippen LogP contribution in [0.1, 0.15) is 56.6 Å². The van der Waals surface area contributed by atoms with Gasteiger partial charge in [0.25, 0.3) is 0 Å². The van der Waals surface area contributed by atoms with Crippen LogP contribution in [0.3, 0.4) is 0 Å². The van der Waals surface area contributed by atoms with Crippen molar-refractivity contribution in [1.29, 1.82) is 0 Å². The maximum atomic E-state index is 13.5. The number of nitrogens with one attached hydrogen (secondary N) is 2. The molecule has 0 radical (unpaired) electrons. The molecule has 9 heteroatoms. The third kappa shape index (κ3) is 7.29. The SMILES string of the molecule is CCCN1C(=O)[C@H](CCCCNC(=O)OCc2ccccc2)NC(=O)C12CCN(Cc1cccc(O)c1)CC2. The molecule has 9 nitrogen and oxygen atoms in total. The van der Waals surface area contributed by atoms with Crippen molar-refractivity contribution in [1.82, 2.24) is 20.4 Å². The highest BCUT2D eigenvalue weighted by atomic mass is 16.5. The Morgan fingerprint density at radius 1 is 1.08 bits per heavy atom. The minimum Gasteiger partial charge on any atom is -0.508 e. The molecule has 3 N–H and O–H groups in total. The van der Waals surface area contributed by atoms with Crippen LogP contribution in [-0.2, 0) is 27.5 Å². The van der Waals surface area contributed by atoms with Crippen molar-refractivity contribution >= 4 is 17.9 Å². The minimum atomic E-state index is -0.803. The molecular weight excluding hydrogens is 496 g/mol. The first kappa shape index (κ1) is 28.4. The Morgan fingerprint density at radius 3 is 2.54 bits per heavy atom. The Hall–Kier alpha value is -3.59. The molecule has 0 unspecified atom stereocenters. The Balaban J connectivity index is 1.23. The molecule has 2 aromatic rings. The van der Waals surface area contributed by atoms with E-state index in [1.54, 1.807) is 12.1 Å². The average molecular weight is 537 g/mol. The lowest BCUT2D eigenvalue weighted by Gasteiger charge is -2.51. The molecule has 2 heterocycles. The molecule has 39 heavy (non-hydrogen) atoms. The first-order valence-corrected chi connectivity index (χ1v) is 14.0. The van der Waals surface area contributed by atoms with Gasteiger partial charge in [0.05, 0.1) is 0 Å². The van der Waals surface area contributed by atoms with Crippen molar-refractivity contribution in [2.24, 2.45) is 0 Å². The van der Waals surface area contributed by atoms with Crippen molar-refractivity contribution in [3.63, 3.8) is 0 Å². The lowest BCUT2D eigenvalue weighted by atomic mass is 9.81. The fourth-order valence-electron chi connectivity index (χ4n) is 5.55. The van der Waals surface area contributed by atoms with E-state index in [1.165, 1.54) is 0 Å². The van der Waals surface area contributed by atoms with E-state index in [4.69, 9.17) is 4.74 Å². The number of unbranched alkanes of at least 4 members (excludes halogenated alkanes) is 1. The number of phenols is 1. The number of piperidine rings is 1. The van der Waals surface area contributed by atoms with Crippen molar-refractivity contribution in [3.8, 4) is 5.75 Å². The zero-order valence-corrected chi connectivity index (χ0v) is 22.7. The highest BCUT2D eigenvalue weighted by Gasteiger charge is 2.53. The third-order valence-electron chi connectivity index (χ3n) is 7.66. The fraction of sp³-hybridized carbons (Fsp3) is 0.500. The largest absolute Gasteiger partial charge is 0.508 e. The number of alkyl carbamates (subject to hydrolysis) is 1. The zero-order valence-electron chi connectivity index (χ0n) is 22.7. The second-order valence-electron chi connectivity index (χ2n) is 10.5. The summed E-state index contributed by atoms with van der Waals surface area (Å²) >= 11 is 0. The monoisotopic (exact) mass is 536 g/mol. The number of piperazine rings is 1. The van der Waals surface area contributed by atoms with Gasteiger partial charge in [0.1, 0.15) is 23.9 Å². The van der Waals surface area contributed by atoms with Gasteiger partial charge < -0.3 is 25.4 Å². The van der Waals surface area contributed by atoms with Crippen molar-refractivity contribution < 1.29 is 24.2 Å². The number of amides is 3. The number of carbonyl (C=O) groups is 3. The maximum Gasteiger partial charge on any atom is 0.407 e. The summed E-state index contributed by atoms with van der Waals surface area (Å²) in [5.74, 6) is 0.186. The third-order valence-corrected chi connectivity index (χ3v) is 7.66. The molecule has 0 aliphatic carbocycles. The fourth-order valence-corrected chi connectivity index (χ4v) is 5.55. The van der Waals surface area contributed by atoms with Crippen LogP contribution in [0, 0.1) is 0 Å². The van der Waals surface area contributed by atoms with Crippen molar-refractivity contribution in [2.75, 3.05) is 26.2 Å². The van der Waals surface area contributed by atoms with Crippen LogP contribution in [-0.4, -0.2) is 70.6 Å². The van der Waals surface area contributed by atoms with Crippen LogP contribution < -0.4 is 10.6 Å². The van der Waals surface area contributed by atoms with Gasteiger partial charge in [-0.1, -0.05) is 49.4 Å². The van der Waals surface area contributed by atoms with Gasteiger partial charge >= 0.3 is 6.09 Å². The molecule has 3 amide bonds. The van der Waals surface area contributed by atoms with Gasteiger partial charge in [-0.3, -0.25) is 14.5 Å². The number of ether oxygens (including phenoxy) is 1. The van der Waals surface area contributed by atoms with Crippen LogP contribution >= 0.6 is 0 Å². The number of hydrogen-bond acceptors (Lipinski definition) is 6. The number of carbonyl (C=O) groups excluding carboxylic acids is 3. The number of likely N-dealkylation sites (tertiary alicyclic amines) is 1. The van der Waals surface area contributed by atoms with Crippen LogP contribution in [0.25, 0.3) is 0 Å².